The topological polar surface area (TPSA) is 43.8 Å². The maximum atomic E-state index is 10.7. The highest BCUT2D eigenvalue weighted by Crippen LogP contribution is 2.08. The quantitative estimate of drug-likeness (QED) is 0.730. The second kappa shape index (κ2) is 6.01. The lowest BCUT2D eigenvalue weighted by atomic mass is 10.2. The van der Waals surface area contributed by atoms with Crippen molar-refractivity contribution in [3.63, 3.8) is 0 Å². The van der Waals surface area contributed by atoms with Crippen LogP contribution in [0, 0.1) is 0 Å². The van der Waals surface area contributed by atoms with E-state index in [-0.39, 0.29) is 0 Å². The summed E-state index contributed by atoms with van der Waals surface area (Å²) in [7, 11) is 2.14. The summed E-state index contributed by atoms with van der Waals surface area (Å²) < 4.78 is 0. The summed E-state index contributed by atoms with van der Waals surface area (Å²) in [4.78, 5) is 15.4. The number of rotatable bonds is 3. The molecule has 0 aromatic heterocycles. The number of likely N-dealkylation sites (N-methyl/N-ethyl adjacent to an activating group) is 1. The van der Waals surface area contributed by atoms with Gasteiger partial charge in [0.15, 0.2) is 0 Å². The molecule has 1 saturated heterocycles. The van der Waals surface area contributed by atoms with E-state index < -0.39 is 5.97 Å². The number of carboxylic acids is 1. The maximum Gasteiger partial charge on any atom is 0.330 e. The van der Waals surface area contributed by atoms with E-state index in [2.05, 4.69) is 23.8 Å². The van der Waals surface area contributed by atoms with E-state index in [1.54, 1.807) is 6.92 Å². The van der Waals surface area contributed by atoms with Gasteiger partial charge in [0, 0.05) is 31.2 Å². The largest absolute Gasteiger partial charge is 0.478 e. The lowest BCUT2D eigenvalue weighted by molar-refractivity contribution is -0.132. The molecule has 1 rings (SSSR count). The predicted molar refractivity (Wildman–Crippen MR) is 64.5 cm³/mol. The summed E-state index contributed by atoms with van der Waals surface area (Å²) in [5.41, 5.74) is 0.435. The van der Waals surface area contributed by atoms with Gasteiger partial charge in [0.1, 0.15) is 0 Å². The summed E-state index contributed by atoms with van der Waals surface area (Å²) in [5, 5.41) is 8.78. The van der Waals surface area contributed by atoms with Crippen LogP contribution in [0.5, 0.6) is 0 Å². The van der Waals surface area contributed by atoms with Crippen molar-refractivity contribution in [1.29, 1.82) is 0 Å². The lowest BCUT2D eigenvalue weighted by Crippen LogP contribution is -2.38. The van der Waals surface area contributed by atoms with Crippen LogP contribution in [0.3, 0.4) is 0 Å². The van der Waals surface area contributed by atoms with E-state index in [4.69, 9.17) is 5.11 Å². The molecule has 0 spiro atoms. The van der Waals surface area contributed by atoms with Gasteiger partial charge in [-0.15, -0.1) is 0 Å². The van der Waals surface area contributed by atoms with E-state index in [9.17, 15) is 4.79 Å². The first kappa shape index (κ1) is 13.2. The Hall–Kier alpha value is -0.870. The van der Waals surface area contributed by atoms with Gasteiger partial charge >= 0.3 is 5.97 Å². The van der Waals surface area contributed by atoms with Crippen LogP contribution in [0.4, 0.5) is 0 Å². The summed E-state index contributed by atoms with van der Waals surface area (Å²) in [6.45, 7) is 7.83. The molecule has 0 radical (unpaired) electrons. The first-order valence-corrected chi connectivity index (χ1v) is 5.83. The predicted octanol–water partition coefficient (Wildman–Crippen LogP) is 1.04. The maximum absolute atomic E-state index is 10.7. The highest BCUT2D eigenvalue weighted by molar-refractivity contribution is 5.85. The first-order valence-electron chi connectivity index (χ1n) is 5.83. The van der Waals surface area contributed by atoms with Gasteiger partial charge in [-0.2, -0.15) is 0 Å². The minimum absolute atomic E-state index is 0.435. The Morgan fingerprint density at radius 1 is 1.50 bits per heavy atom. The smallest absolute Gasteiger partial charge is 0.330 e. The molecule has 1 aliphatic rings. The molecule has 0 aromatic rings. The molecule has 0 saturated carbocycles. The standard InChI is InChI=1S/C12H22N2O2/c1-10(12(15)16)5-8-14-7-4-6-13(3)9-11(14)2/h5,11H,4,6-9H2,1-3H3,(H,15,16)/b10-5-. The van der Waals surface area contributed by atoms with Gasteiger partial charge in [0.25, 0.3) is 0 Å². The molecular weight excluding hydrogens is 204 g/mol. The van der Waals surface area contributed by atoms with Crippen molar-refractivity contribution >= 4 is 5.97 Å². The molecule has 0 amide bonds. The normalized spacial score (nSPS) is 25.4. The van der Waals surface area contributed by atoms with Gasteiger partial charge in [-0.3, -0.25) is 4.90 Å². The fraction of sp³-hybridized carbons (Fsp3) is 0.750. The first-order chi connectivity index (χ1) is 7.50. The number of hydrogen-bond donors (Lipinski definition) is 1. The van der Waals surface area contributed by atoms with Crippen LogP contribution < -0.4 is 0 Å². The zero-order valence-corrected chi connectivity index (χ0v) is 10.4. The van der Waals surface area contributed by atoms with Crippen molar-refractivity contribution in [3.05, 3.63) is 11.6 Å². The number of hydrogen-bond acceptors (Lipinski definition) is 3. The summed E-state index contributed by atoms with van der Waals surface area (Å²) in [5.74, 6) is -0.820. The molecular formula is C12H22N2O2. The minimum Gasteiger partial charge on any atom is -0.478 e. The second-order valence-electron chi connectivity index (χ2n) is 4.65. The Labute approximate surface area is 97.5 Å². The summed E-state index contributed by atoms with van der Waals surface area (Å²) in [6.07, 6.45) is 2.96. The van der Waals surface area contributed by atoms with Crippen molar-refractivity contribution in [2.45, 2.75) is 26.3 Å². The Balaban J connectivity index is 2.52. The van der Waals surface area contributed by atoms with Crippen LogP contribution in [0.15, 0.2) is 11.6 Å². The third-order valence-electron chi connectivity index (χ3n) is 3.15. The van der Waals surface area contributed by atoms with Gasteiger partial charge in [0.05, 0.1) is 0 Å². The average molecular weight is 226 g/mol. The zero-order valence-electron chi connectivity index (χ0n) is 10.4. The summed E-state index contributed by atoms with van der Waals surface area (Å²) >= 11 is 0. The van der Waals surface area contributed by atoms with Gasteiger partial charge in [-0.25, -0.2) is 4.79 Å². The molecule has 4 nitrogen and oxygen atoms in total. The summed E-state index contributed by atoms with van der Waals surface area (Å²) in [6, 6.07) is 0.491. The molecule has 1 N–H and O–H groups in total. The number of aliphatic carboxylic acids is 1. The molecule has 1 heterocycles. The highest BCUT2D eigenvalue weighted by atomic mass is 16.4. The number of nitrogens with zero attached hydrogens (tertiary/aromatic N) is 2. The van der Waals surface area contributed by atoms with Gasteiger partial charge in [0.2, 0.25) is 0 Å². The van der Waals surface area contributed by atoms with Gasteiger partial charge < -0.3 is 10.0 Å². The van der Waals surface area contributed by atoms with Crippen molar-refractivity contribution < 1.29 is 9.90 Å². The Bertz CT molecular complexity index is 276. The van der Waals surface area contributed by atoms with E-state index in [1.807, 2.05) is 6.08 Å². The molecule has 0 bridgehead atoms. The van der Waals surface area contributed by atoms with Gasteiger partial charge in [-0.1, -0.05) is 6.08 Å². The Morgan fingerprint density at radius 3 is 2.81 bits per heavy atom. The minimum atomic E-state index is -0.820. The zero-order chi connectivity index (χ0) is 12.1. The van der Waals surface area contributed by atoms with Crippen molar-refractivity contribution in [2.24, 2.45) is 0 Å². The number of carboxylic acid groups (broad SMARTS) is 1. The molecule has 4 heteroatoms. The molecule has 92 valence electrons. The molecule has 1 aliphatic heterocycles. The third kappa shape index (κ3) is 3.94. The van der Waals surface area contributed by atoms with E-state index >= 15 is 0 Å². The van der Waals surface area contributed by atoms with Crippen LogP contribution in [0.1, 0.15) is 20.3 Å². The SMILES string of the molecule is C/C(=C/CN1CCCN(C)CC1C)C(=O)O. The van der Waals surface area contributed by atoms with E-state index in [0.29, 0.717) is 11.6 Å². The van der Waals surface area contributed by atoms with Crippen LogP contribution in [0.2, 0.25) is 0 Å². The van der Waals surface area contributed by atoms with Gasteiger partial charge in [-0.05, 0) is 33.9 Å². The van der Waals surface area contributed by atoms with E-state index in [1.165, 1.54) is 0 Å². The Morgan fingerprint density at radius 2 is 2.19 bits per heavy atom. The van der Waals surface area contributed by atoms with Crippen LogP contribution in [-0.2, 0) is 4.79 Å². The Kier molecular flexibility index (Phi) is 4.96. The van der Waals surface area contributed by atoms with Crippen molar-refractivity contribution in [2.75, 3.05) is 33.2 Å². The molecule has 0 aromatic carbocycles. The lowest BCUT2D eigenvalue weighted by Gasteiger charge is -2.26. The fourth-order valence-corrected chi connectivity index (χ4v) is 2.03. The molecule has 1 fully saturated rings. The molecule has 1 atom stereocenters. The van der Waals surface area contributed by atoms with Crippen LogP contribution in [-0.4, -0.2) is 60.1 Å². The van der Waals surface area contributed by atoms with E-state index in [0.717, 1.165) is 32.6 Å². The van der Waals surface area contributed by atoms with Crippen molar-refractivity contribution in [1.82, 2.24) is 9.80 Å². The molecule has 16 heavy (non-hydrogen) atoms. The van der Waals surface area contributed by atoms with Crippen LogP contribution in [0.25, 0.3) is 0 Å². The second-order valence-corrected chi connectivity index (χ2v) is 4.65. The highest BCUT2D eigenvalue weighted by Gasteiger charge is 2.18. The van der Waals surface area contributed by atoms with Crippen molar-refractivity contribution in [3.8, 4) is 0 Å². The third-order valence-corrected chi connectivity index (χ3v) is 3.15. The average Bonchev–Trinajstić information content (AvgIpc) is 2.36. The monoisotopic (exact) mass is 226 g/mol. The fourth-order valence-electron chi connectivity index (χ4n) is 2.03. The van der Waals surface area contributed by atoms with Crippen LogP contribution >= 0.6 is 0 Å². The molecule has 0 aliphatic carbocycles. The number of carbonyl (C=O) groups is 1. The molecule has 1 unspecified atom stereocenters.